The number of aryl methyl sites for hydroxylation is 2. The zero-order valence-electron chi connectivity index (χ0n) is 12.6. The summed E-state index contributed by atoms with van der Waals surface area (Å²) in [7, 11) is 0. The summed E-state index contributed by atoms with van der Waals surface area (Å²) in [4.78, 5) is 26.5. The number of H-pyrrole nitrogens is 1. The van der Waals surface area contributed by atoms with Gasteiger partial charge in [-0.3, -0.25) is 4.79 Å². The van der Waals surface area contributed by atoms with E-state index >= 15 is 0 Å². The lowest BCUT2D eigenvalue weighted by Gasteiger charge is -2.00. The molecule has 3 N–H and O–H groups in total. The van der Waals surface area contributed by atoms with Crippen molar-refractivity contribution in [3.05, 3.63) is 51.8 Å². The van der Waals surface area contributed by atoms with E-state index in [-0.39, 0.29) is 11.5 Å². The minimum atomic E-state index is -0.970. The number of aromatic nitrogens is 1. The molecule has 112 valence electrons. The number of aromatic carboxylic acids is 1. The number of carboxylic acid groups (broad SMARTS) is 1. The van der Waals surface area contributed by atoms with Gasteiger partial charge in [-0.05, 0) is 44.0 Å². The zero-order chi connectivity index (χ0) is 16.0. The maximum Gasteiger partial charge on any atom is 0.337 e. The first-order chi connectivity index (χ1) is 10.4. The van der Waals surface area contributed by atoms with Crippen LogP contribution in [0.5, 0.6) is 0 Å². The maximum absolute atomic E-state index is 12.2. The third-order valence-electron chi connectivity index (χ3n) is 3.94. The molecule has 0 saturated heterocycles. The van der Waals surface area contributed by atoms with Crippen LogP contribution in [-0.4, -0.2) is 22.0 Å². The smallest absolute Gasteiger partial charge is 0.337 e. The second-order valence-electron chi connectivity index (χ2n) is 5.53. The van der Waals surface area contributed by atoms with Crippen molar-refractivity contribution in [2.75, 3.05) is 5.32 Å². The van der Waals surface area contributed by atoms with E-state index in [4.69, 9.17) is 0 Å². The Morgan fingerprint density at radius 2 is 1.95 bits per heavy atom. The molecule has 1 amide bonds. The number of benzene rings is 1. The van der Waals surface area contributed by atoms with Crippen molar-refractivity contribution in [3.63, 3.8) is 0 Å². The topological polar surface area (TPSA) is 82.2 Å². The van der Waals surface area contributed by atoms with Crippen LogP contribution in [0, 0.1) is 20.8 Å². The number of nitrogens with one attached hydrogen (secondary N) is 2. The molecule has 0 atom stereocenters. The molecule has 0 spiro atoms. The van der Waals surface area contributed by atoms with Gasteiger partial charge in [0.05, 0.1) is 11.1 Å². The van der Waals surface area contributed by atoms with E-state index in [9.17, 15) is 14.7 Å². The highest BCUT2D eigenvalue weighted by atomic mass is 16.4. The Bertz CT molecular complexity index is 844. The van der Waals surface area contributed by atoms with Crippen LogP contribution >= 0.6 is 0 Å². The lowest BCUT2D eigenvalue weighted by molar-refractivity contribution is -0.110. The molecule has 2 heterocycles. The van der Waals surface area contributed by atoms with Crippen LogP contribution in [-0.2, 0) is 4.79 Å². The van der Waals surface area contributed by atoms with Crippen LogP contribution < -0.4 is 5.32 Å². The van der Waals surface area contributed by atoms with Crippen molar-refractivity contribution in [1.29, 1.82) is 0 Å². The monoisotopic (exact) mass is 296 g/mol. The third-order valence-corrected chi connectivity index (χ3v) is 3.94. The Labute approximate surface area is 127 Å². The average molecular weight is 296 g/mol. The predicted molar refractivity (Wildman–Crippen MR) is 84.9 cm³/mol. The summed E-state index contributed by atoms with van der Waals surface area (Å²) < 4.78 is 0. The van der Waals surface area contributed by atoms with Gasteiger partial charge in [0, 0.05) is 22.6 Å². The van der Waals surface area contributed by atoms with Gasteiger partial charge in [0.2, 0.25) is 0 Å². The van der Waals surface area contributed by atoms with Crippen molar-refractivity contribution in [2.24, 2.45) is 0 Å². The van der Waals surface area contributed by atoms with Gasteiger partial charge < -0.3 is 15.4 Å². The number of carbonyl (C=O) groups excluding carboxylic acids is 1. The molecule has 5 nitrogen and oxygen atoms in total. The van der Waals surface area contributed by atoms with Gasteiger partial charge in [-0.15, -0.1) is 0 Å². The Balaban J connectivity index is 2.13. The summed E-state index contributed by atoms with van der Waals surface area (Å²) >= 11 is 0. The first kappa shape index (κ1) is 14.1. The number of carbonyl (C=O) groups is 2. The molecule has 1 aromatic heterocycles. The summed E-state index contributed by atoms with van der Waals surface area (Å²) in [5.74, 6) is -1.15. The van der Waals surface area contributed by atoms with E-state index in [1.165, 1.54) is 0 Å². The Morgan fingerprint density at radius 1 is 1.23 bits per heavy atom. The molecule has 1 aromatic carbocycles. The molecule has 1 aliphatic heterocycles. The summed E-state index contributed by atoms with van der Waals surface area (Å²) in [5, 5.41) is 12.1. The SMILES string of the molecule is Cc1ccc2c(c1)NC(=O)/C2=C\c1[nH]c(C)c(C(=O)O)c1C. The lowest BCUT2D eigenvalue weighted by atomic mass is 10.0. The number of amides is 1. The second-order valence-corrected chi connectivity index (χ2v) is 5.53. The summed E-state index contributed by atoms with van der Waals surface area (Å²) in [6.45, 7) is 5.42. The molecule has 0 bridgehead atoms. The van der Waals surface area contributed by atoms with E-state index in [1.54, 1.807) is 19.9 Å². The van der Waals surface area contributed by atoms with Gasteiger partial charge in [0.15, 0.2) is 0 Å². The standard InChI is InChI=1S/C17H16N2O3/c1-8-4-5-11-12(16(20)19-14(11)6-8)7-13-9(2)15(17(21)22)10(3)18-13/h4-7,18H,1-3H3,(H,19,20)(H,21,22)/b12-7-. The minimum Gasteiger partial charge on any atom is -0.478 e. The normalized spacial score (nSPS) is 15.0. The number of carboxylic acids is 1. The Kier molecular flexibility index (Phi) is 3.13. The number of anilines is 1. The van der Waals surface area contributed by atoms with Gasteiger partial charge in [0.1, 0.15) is 0 Å². The molecule has 2 aromatic rings. The van der Waals surface area contributed by atoms with Crippen molar-refractivity contribution < 1.29 is 14.7 Å². The molecule has 0 aliphatic carbocycles. The summed E-state index contributed by atoms with van der Waals surface area (Å²) in [5.41, 5.74) is 5.35. The fraction of sp³-hybridized carbons (Fsp3) is 0.176. The van der Waals surface area contributed by atoms with Gasteiger partial charge in [-0.25, -0.2) is 4.79 Å². The van der Waals surface area contributed by atoms with Crippen molar-refractivity contribution in [2.45, 2.75) is 20.8 Å². The van der Waals surface area contributed by atoms with Crippen molar-refractivity contribution in [3.8, 4) is 0 Å². The molecular formula is C17H16N2O3. The Morgan fingerprint density at radius 3 is 2.59 bits per heavy atom. The second kappa shape index (κ2) is 4.87. The quantitative estimate of drug-likeness (QED) is 0.745. The first-order valence-electron chi connectivity index (χ1n) is 6.95. The lowest BCUT2D eigenvalue weighted by Crippen LogP contribution is -2.03. The first-order valence-corrected chi connectivity index (χ1v) is 6.95. The fourth-order valence-electron chi connectivity index (χ4n) is 2.84. The van der Waals surface area contributed by atoms with Crippen LogP contribution in [0.25, 0.3) is 11.6 Å². The fourth-order valence-corrected chi connectivity index (χ4v) is 2.84. The number of hydrogen-bond acceptors (Lipinski definition) is 2. The van der Waals surface area contributed by atoms with Gasteiger partial charge >= 0.3 is 5.97 Å². The minimum absolute atomic E-state index is 0.177. The molecule has 22 heavy (non-hydrogen) atoms. The van der Waals surface area contributed by atoms with Crippen LogP contribution in [0.4, 0.5) is 5.69 Å². The molecule has 0 fully saturated rings. The van der Waals surface area contributed by atoms with Crippen LogP contribution in [0.15, 0.2) is 18.2 Å². The van der Waals surface area contributed by atoms with E-state index in [0.717, 1.165) is 16.8 Å². The molecular weight excluding hydrogens is 280 g/mol. The highest BCUT2D eigenvalue weighted by Gasteiger charge is 2.25. The van der Waals surface area contributed by atoms with E-state index < -0.39 is 5.97 Å². The van der Waals surface area contributed by atoms with Gasteiger partial charge in [0.25, 0.3) is 5.91 Å². The maximum atomic E-state index is 12.2. The molecule has 1 aliphatic rings. The molecule has 3 rings (SSSR count). The highest BCUT2D eigenvalue weighted by Crippen LogP contribution is 2.34. The van der Waals surface area contributed by atoms with Gasteiger partial charge in [-0.2, -0.15) is 0 Å². The van der Waals surface area contributed by atoms with Crippen LogP contribution in [0.1, 0.15) is 38.4 Å². The molecule has 0 unspecified atom stereocenters. The van der Waals surface area contributed by atoms with E-state index in [2.05, 4.69) is 10.3 Å². The van der Waals surface area contributed by atoms with E-state index in [1.807, 2.05) is 25.1 Å². The number of aromatic amines is 1. The molecule has 0 radical (unpaired) electrons. The number of fused-ring (bicyclic) bond motifs is 1. The largest absolute Gasteiger partial charge is 0.478 e. The summed E-state index contributed by atoms with van der Waals surface area (Å²) in [6.07, 6.45) is 1.71. The number of rotatable bonds is 2. The van der Waals surface area contributed by atoms with Crippen LogP contribution in [0.3, 0.4) is 0 Å². The zero-order valence-corrected chi connectivity index (χ0v) is 12.6. The van der Waals surface area contributed by atoms with Crippen molar-refractivity contribution in [1.82, 2.24) is 4.98 Å². The highest BCUT2D eigenvalue weighted by molar-refractivity contribution is 6.35. The number of hydrogen-bond donors (Lipinski definition) is 3. The molecule has 5 heteroatoms. The predicted octanol–water partition coefficient (Wildman–Crippen LogP) is 3.13. The van der Waals surface area contributed by atoms with Crippen LogP contribution in [0.2, 0.25) is 0 Å². The van der Waals surface area contributed by atoms with Gasteiger partial charge in [-0.1, -0.05) is 12.1 Å². The average Bonchev–Trinajstić information content (AvgIpc) is 2.87. The third kappa shape index (κ3) is 2.11. The summed E-state index contributed by atoms with van der Waals surface area (Å²) in [6, 6.07) is 5.77. The van der Waals surface area contributed by atoms with E-state index in [0.29, 0.717) is 22.5 Å². The molecule has 0 saturated carbocycles. The van der Waals surface area contributed by atoms with Crippen molar-refractivity contribution >= 4 is 29.2 Å². The Hall–Kier alpha value is -2.82.